The molecule has 1 saturated carbocycles. The number of carbonyl (C=O) groups excluding carboxylic acids is 2. The van der Waals surface area contributed by atoms with Crippen LogP contribution in [0.5, 0.6) is 0 Å². The summed E-state index contributed by atoms with van der Waals surface area (Å²) in [4.78, 5) is 34.1. The summed E-state index contributed by atoms with van der Waals surface area (Å²) in [5.74, 6) is -0.443. The number of aryl methyl sites for hydroxylation is 1. The van der Waals surface area contributed by atoms with Gasteiger partial charge in [-0.05, 0) is 49.8 Å². The molecule has 8 nitrogen and oxygen atoms in total. The summed E-state index contributed by atoms with van der Waals surface area (Å²) >= 11 is 0. The number of hydrogen-bond acceptors (Lipinski definition) is 5. The zero-order valence-electron chi connectivity index (χ0n) is 18.3. The van der Waals surface area contributed by atoms with Crippen LogP contribution < -0.4 is 10.6 Å². The Morgan fingerprint density at radius 2 is 1.97 bits per heavy atom. The number of nitrogens with one attached hydrogen (secondary N) is 2. The fourth-order valence-electron chi connectivity index (χ4n) is 4.21. The summed E-state index contributed by atoms with van der Waals surface area (Å²) in [6, 6.07) is 6.11. The molecule has 32 heavy (non-hydrogen) atoms. The third-order valence-corrected chi connectivity index (χ3v) is 6.11. The minimum Gasteiger partial charge on any atom is -0.348 e. The fraction of sp³-hybridized carbons (Fsp3) is 0.435. The summed E-state index contributed by atoms with van der Waals surface area (Å²) in [5, 5.41) is 9.91. The van der Waals surface area contributed by atoms with Crippen molar-refractivity contribution in [3.05, 3.63) is 58.9 Å². The molecular weight excluding hydrogens is 411 g/mol. The number of benzene rings is 1. The van der Waals surface area contributed by atoms with Crippen molar-refractivity contribution in [1.29, 1.82) is 0 Å². The van der Waals surface area contributed by atoms with Crippen LogP contribution >= 0.6 is 0 Å². The molecule has 0 aliphatic heterocycles. The first-order valence-electron chi connectivity index (χ1n) is 11.0. The maximum absolute atomic E-state index is 13.5. The van der Waals surface area contributed by atoms with Gasteiger partial charge in [0, 0.05) is 18.7 Å². The van der Waals surface area contributed by atoms with Crippen LogP contribution in [0.2, 0.25) is 0 Å². The Bertz CT molecular complexity index is 1140. The van der Waals surface area contributed by atoms with E-state index in [0.29, 0.717) is 11.5 Å². The van der Waals surface area contributed by atoms with Gasteiger partial charge in [-0.1, -0.05) is 31.4 Å². The van der Waals surface area contributed by atoms with Gasteiger partial charge in [-0.25, -0.2) is 9.37 Å². The average molecular weight is 439 g/mol. The second-order valence-electron chi connectivity index (χ2n) is 8.42. The lowest BCUT2D eigenvalue weighted by atomic mass is 9.84. The van der Waals surface area contributed by atoms with E-state index < -0.39 is 5.91 Å². The maximum atomic E-state index is 13.5. The maximum Gasteiger partial charge on any atom is 0.270 e. The predicted octanol–water partition coefficient (Wildman–Crippen LogP) is 3.20. The van der Waals surface area contributed by atoms with Crippen LogP contribution in [0.25, 0.3) is 5.78 Å². The van der Waals surface area contributed by atoms with Gasteiger partial charge in [-0.3, -0.25) is 9.59 Å². The van der Waals surface area contributed by atoms with E-state index in [1.165, 1.54) is 42.2 Å². The van der Waals surface area contributed by atoms with E-state index in [4.69, 9.17) is 0 Å². The summed E-state index contributed by atoms with van der Waals surface area (Å²) < 4.78 is 14.8. The van der Waals surface area contributed by atoms with Crippen molar-refractivity contribution in [2.45, 2.75) is 58.5 Å². The number of nitrogens with zero attached hydrogens (tertiary/aromatic N) is 4. The highest BCUT2D eigenvalue weighted by atomic mass is 19.1. The molecule has 2 N–H and O–H groups in total. The summed E-state index contributed by atoms with van der Waals surface area (Å²) in [5.41, 5.74) is 1.55. The molecular formula is C23H27FN6O2. The van der Waals surface area contributed by atoms with Crippen molar-refractivity contribution in [3.63, 3.8) is 0 Å². The standard InChI is InChI=1S/C23H27FN6O2/c1-14-10-16(8-9-18(14)24)12-25-21(31)19-11-20(30-23(29-19)26-13-27-30)22(32)28-15(2)17-6-4-3-5-7-17/h8-11,13,15,17H,3-7,12H2,1-2H3,(H,25,31)(H,28,32)/t15-/m0/s1. The lowest BCUT2D eigenvalue weighted by molar-refractivity contribution is 0.0911. The second kappa shape index (κ2) is 9.42. The Labute approximate surface area is 185 Å². The number of aromatic nitrogens is 4. The Balaban J connectivity index is 1.51. The number of carbonyl (C=O) groups is 2. The average Bonchev–Trinajstić information content (AvgIpc) is 3.28. The number of amides is 2. The van der Waals surface area contributed by atoms with Crippen LogP contribution in [-0.2, 0) is 6.54 Å². The largest absolute Gasteiger partial charge is 0.348 e. The molecule has 0 bridgehead atoms. The molecule has 1 fully saturated rings. The molecule has 0 saturated heterocycles. The quantitative estimate of drug-likeness (QED) is 0.615. The molecule has 9 heteroatoms. The van der Waals surface area contributed by atoms with Crippen molar-refractivity contribution >= 4 is 17.6 Å². The van der Waals surface area contributed by atoms with Crippen LogP contribution in [0, 0.1) is 18.7 Å². The first-order chi connectivity index (χ1) is 15.4. The van der Waals surface area contributed by atoms with Gasteiger partial charge in [0.25, 0.3) is 17.6 Å². The van der Waals surface area contributed by atoms with E-state index in [1.54, 1.807) is 19.1 Å². The Kier molecular flexibility index (Phi) is 6.43. The van der Waals surface area contributed by atoms with E-state index in [2.05, 4.69) is 25.7 Å². The smallest absolute Gasteiger partial charge is 0.270 e. The van der Waals surface area contributed by atoms with Gasteiger partial charge in [0.1, 0.15) is 23.5 Å². The van der Waals surface area contributed by atoms with E-state index in [-0.39, 0.29) is 41.5 Å². The van der Waals surface area contributed by atoms with Gasteiger partial charge in [0.05, 0.1) is 0 Å². The highest BCUT2D eigenvalue weighted by Gasteiger charge is 2.24. The topological polar surface area (TPSA) is 101 Å². The van der Waals surface area contributed by atoms with E-state index >= 15 is 0 Å². The van der Waals surface area contributed by atoms with Crippen LogP contribution in [0.15, 0.2) is 30.6 Å². The van der Waals surface area contributed by atoms with Crippen molar-refractivity contribution in [1.82, 2.24) is 30.2 Å². The van der Waals surface area contributed by atoms with Gasteiger partial charge >= 0.3 is 0 Å². The van der Waals surface area contributed by atoms with Crippen LogP contribution in [0.4, 0.5) is 4.39 Å². The highest BCUT2D eigenvalue weighted by molar-refractivity contribution is 5.98. The monoisotopic (exact) mass is 438 g/mol. The minimum atomic E-state index is -0.452. The van der Waals surface area contributed by atoms with E-state index in [1.807, 2.05) is 6.92 Å². The molecule has 1 aliphatic carbocycles. The van der Waals surface area contributed by atoms with Gasteiger partial charge in [-0.2, -0.15) is 14.6 Å². The third-order valence-electron chi connectivity index (χ3n) is 6.11. The zero-order chi connectivity index (χ0) is 22.7. The van der Waals surface area contributed by atoms with Crippen LogP contribution in [-0.4, -0.2) is 37.4 Å². The van der Waals surface area contributed by atoms with Crippen molar-refractivity contribution in [3.8, 4) is 0 Å². The van der Waals surface area contributed by atoms with Gasteiger partial charge < -0.3 is 10.6 Å². The Morgan fingerprint density at radius 1 is 1.19 bits per heavy atom. The number of hydrogen-bond donors (Lipinski definition) is 2. The minimum absolute atomic E-state index is 0.0218. The molecule has 3 aromatic rings. The van der Waals surface area contributed by atoms with Crippen molar-refractivity contribution in [2.75, 3.05) is 0 Å². The second-order valence-corrected chi connectivity index (χ2v) is 8.42. The normalized spacial score (nSPS) is 15.5. The van der Waals surface area contributed by atoms with E-state index in [0.717, 1.165) is 18.4 Å². The molecule has 168 valence electrons. The van der Waals surface area contributed by atoms with Gasteiger partial charge in [0.2, 0.25) is 0 Å². The Hall–Kier alpha value is -3.36. The van der Waals surface area contributed by atoms with E-state index in [9.17, 15) is 14.0 Å². The molecule has 1 atom stereocenters. The molecule has 1 aliphatic rings. The fourth-order valence-corrected chi connectivity index (χ4v) is 4.21. The lowest BCUT2D eigenvalue weighted by Gasteiger charge is -2.28. The summed E-state index contributed by atoms with van der Waals surface area (Å²) in [6.07, 6.45) is 7.13. The first-order valence-corrected chi connectivity index (χ1v) is 11.0. The highest BCUT2D eigenvalue weighted by Crippen LogP contribution is 2.26. The van der Waals surface area contributed by atoms with Crippen LogP contribution in [0.3, 0.4) is 0 Å². The molecule has 2 heterocycles. The SMILES string of the molecule is Cc1cc(CNC(=O)c2cc(C(=O)N[C@@H](C)C3CCCCC3)n3ncnc3n2)ccc1F. The first kappa shape index (κ1) is 21.9. The summed E-state index contributed by atoms with van der Waals surface area (Å²) in [6.45, 7) is 3.90. The van der Waals surface area contributed by atoms with Crippen molar-refractivity contribution < 1.29 is 14.0 Å². The number of halogens is 1. The lowest BCUT2D eigenvalue weighted by Crippen LogP contribution is -2.40. The van der Waals surface area contributed by atoms with Crippen molar-refractivity contribution in [2.24, 2.45) is 5.92 Å². The molecule has 0 spiro atoms. The summed E-state index contributed by atoms with van der Waals surface area (Å²) in [7, 11) is 0. The molecule has 1 aromatic carbocycles. The predicted molar refractivity (Wildman–Crippen MR) is 117 cm³/mol. The zero-order valence-corrected chi connectivity index (χ0v) is 18.3. The Morgan fingerprint density at radius 3 is 2.72 bits per heavy atom. The molecule has 2 amide bonds. The molecule has 4 rings (SSSR count). The third kappa shape index (κ3) is 4.76. The molecule has 0 radical (unpaired) electrons. The molecule has 2 aromatic heterocycles. The number of rotatable bonds is 6. The molecule has 0 unspecified atom stereocenters. The van der Waals surface area contributed by atoms with Gasteiger partial charge in [-0.15, -0.1) is 0 Å². The van der Waals surface area contributed by atoms with Crippen LogP contribution in [0.1, 0.15) is 71.1 Å². The van der Waals surface area contributed by atoms with Gasteiger partial charge in [0.15, 0.2) is 0 Å². The number of fused-ring (bicyclic) bond motifs is 1.